The summed E-state index contributed by atoms with van der Waals surface area (Å²) in [6, 6.07) is 13.8. The van der Waals surface area contributed by atoms with Gasteiger partial charge in [-0.1, -0.05) is 35.9 Å². The standard InChI is InChI=1S/C26H26ClN9O3.C2HF3O2/c1-2-36-23-19(38-12-6-11-28)14-30-20(21(23)33-25(36)22-24(29)35-39-34-22)15-7-5-8-16(13-15)31-26(37)32-18-10-4-3-9-17(18)27;3-2(4,5)1(6)7/h3-5,7-10,13-14H,2,6,11-12,28H2,1H3,(H2,29,35)(H2,31,32,37);(H,6,7). The minimum absolute atomic E-state index is 0.121. The molecule has 14 nitrogen and oxygen atoms in total. The van der Waals surface area contributed by atoms with Crippen LogP contribution in [0.25, 0.3) is 33.8 Å². The van der Waals surface area contributed by atoms with Gasteiger partial charge in [-0.25, -0.2) is 24.2 Å². The van der Waals surface area contributed by atoms with Gasteiger partial charge in [0.15, 0.2) is 23.1 Å². The number of nitrogens with zero attached hydrogens (tertiary/aromatic N) is 5. The molecule has 0 radical (unpaired) electrons. The predicted octanol–water partition coefficient (Wildman–Crippen LogP) is 5.41. The van der Waals surface area contributed by atoms with E-state index in [4.69, 9.17) is 47.3 Å². The molecule has 0 saturated carbocycles. The molecule has 242 valence electrons. The normalized spacial score (nSPS) is 11.1. The number of carbonyl (C=O) groups excluding carboxylic acids is 1. The van der Waals surface area contributed by atoms with E-state index in [2.05, 4.69) is 25.9 Å². The number of ether oxygens (including phenoxy) is 1. The van der Waals surface area contributed by atoms with Crippen molar-refractivity contribution < 1.29 is 37.2 Å². The van der Waals surface area contributed by atoms with Crippen LogP contribution in [-0.2, 0) is 11.3 Å². The van der Waals surface area contributed by atoms with Gasteiger partial charge in [0.25, 0.3) is 0 Å². The minimum atomic E-state index is -5.08. The van der Waals surface area contributed by atoms with Gasteiger partial charge in [0.05, 0.1) is 29.2 Å². The molecule has 3 heterocycles. The molecule has 0 aliphatic rings. The zero-order chi connectivity index (χ0) is 33.4. The van der Waals surface area contributed by atoms with Gasteiger partial charge in [-0.2, -0.15) is 13.2 Å². The average molecular weight is 662 g/mol. The number of fused-ring (bicyclic) bond motifs is 1. The number of para-hydroxylation sites is 1. The van der Waals surface area contributed by atoms with Gasteiger partial charge in [0.2, 0.25) is 0 Å². The number of nitrogens with two attached hydrogens (primary N) is 2. The number of aromatic nitrogens is 5. The number of rotatable bonds is 9. The SMILES string of the molecule is CCn1c(-c2nonc2N)nc2c(-c3cccc(NC(=O)Nc4ccccc4Cl)c3)ncc(OCCCN)c21.O=C(O)C(F)(F)F. The summed E-state index contributed by atoms with van der Waals surface area (Å²) >= 11 is 6.16. The largest absolute Gasteiger partial charge is 0.490 e. The number of imidazole rings is 1. The number of benzene rings is 2. The molecule has 3 aromatic heterocycles. The highest BCUT2D eigenvalue weighted by Crippen LogP contribution is 2.37. The number of aliphatic carboxylic acids is 1. The fourth-order valence-electron chi connectivity index (χ4n) is 4.13. The van der Waals surface area contributed by atoms with E-state index in [1.165, 1.54) is 0 Å². The Morgan fingerprint density at radius 3 is 2.48 bits per heavy atom. The Labute approximate surface area is 263 Å². The Kier molecular flexibility index (Phi) is 10.6. The van der Waals surface area contributed by atoms with Gasteiger partial charge in [-0.15, -0.1) is 0 Å². The molecule has 2 aromatic carbocycles. The second kappa shape index (κ2) is 14.6. The van der Waals surface area contributed by atoms with Crippen LogP contribution in [0.3, 0.4) is 0 Å². The molecule has 5 aromatic rings. The molecule has 0 aliphatic carbocycles. The molecule has 18 heteroatoms. The summed E-state index contributed by atoms with van der Waals surface area (Å²) in [7, 11) is 0. The molecule has 0 atom stereocenters. The van der Waals surface area contributed by atoms with Crippen LogP contribution in [0, 0.1) is 0 Å². The molecule has 0 saturated heterocycles. The predicted molar refractivity (Wildman–Crippen MR) is 163 cm³/mol. The molecule has 7 N–H and O–H groups in total. The maximum absolute atomic E-state index is 12.6. The lowest BCUT2D eigenvalue weighted by Gasteiger charge is -2.12. The van der Waals surface area contributed by atoms with E-state index in [9.17, 15) is 18.0 Å². The number of urea groups is 1. The Hall–Kier alpha value is -5.42. The molecule has 0 fully saturated rings. The Balaban J connectivity index is 0.000000617. The zero-order valence-corrected chi connectivity index (χ0v) is 24.8. The first kappa shape index (κ1) is 33.5. The highest BCUT2D eigenvalue weighted by molar-refractivity contribution is 6.33. The van der Waals surface area contributed by atoms with Crippen LogP contribution < -0.4 is 26.8 Å². The van der Waals surface area contributed by atoms with Crippen molar-refractivity contribution in [1.29, 1.82) is 0 Å². The Bertz CT molecular complexity index is 1850. The summed E-state index contributed by atoms with van der Waals surface area (Å²) in [5.74, 6) is -1.62. The van der Waals surface area contributed by atoms with E-state index in [1.54, 1.807) is 42.6 Å². The number of carboxylic acid groups (broad SMARTS) is 1. The molecule has 46 heavy (non-hydrogen) atoms. The number of carboxylic acids is 1. The van der Waals surface area contributed by atoms with Gasteiger partial charge in [0.1, 0.15) is 11.0 Å². The lowest BCUT2D eigenvalue weighted by molar-refractivity contribution is -0.192. The summed E-state index contributed by atoms with van der Waals surface area (Å²) in [4.78, 5) is 31.1. The van der Waals surface area contributed by atoms with Crippen molar-refractivity contribution in [3.63, 3.8) is 0 Å². The number of amides is 2. The van der Waals surface area contributed by atoms with Crippen molar-refractivity contribution in [2.75, 3.05) is 29.5 Å². The van der Waals surface area contributed by atoms with Crippen LogP contribution in [0.2, 0.25) is 5.02 Å². The second-order valence-corrected chi connectivity index (χ2v) is 9.69. The van der Waals surface area contributed by atoms with Crippen molar-refractivity contribution in [1.82, 2.24) is 24.8 Å². The van der Waals surface area contributed by atoms with Crippen LogP contribution in [-0.4, -0.2) is 61.3 Å². The molecule has 2 amide bonds. The number of nitrogen functional groups attached to an aromatic ring is 1. The number of nitrogens with one attached hydrogen (secondary N) is 2. The van der Waals surface area contributed by atoms with E-state index >= 15 is 0 Å². The summed E-state index contributed by atoms with van der Waals surface area (Å²) in [5.41, 5.74) is 15.6. The third kappa shape index (κ3) is 7.80. The maximum atomic E-state index is 12.6. The second-order valence-electron chi connectivity index (χ2n) is 9.28. The summed E-state index contributed by atoms with van der Waals surface area (Å²) in [5, 5.41) is 20.8. The zero-order valence-electron chi connectivity index (χ0n) is 24.0. The number of pyridine rings is 1. The quantitative estimate of drug-likeness (QED) is 0.126. The fourth-order valence-corrected chi connectivity index (χ4v) is 4.31. The number of carbonyl (C=O) groups is 2. The summed E-state index contributed by atoms with van der Waals surface area (Å²) in [6.07, 6.45) is -2.75. The van der Waals surface area contributed by atoms with E-state index < -0.39 is 18.2 Å². The molecule has 0 unspecified atom stereocenters. The number of anilines is 3. The number of alkyl halides is 3. The van der Waals surface area contributed by atoms with Crippen molar-refractivity contribution in [2.24, 2.45) is 5.73 Å². The smallest absolute Gasteiger partial charge is 0.490 e. The van der Waals surface area contributed by atoms with Crippen molar-refractivity contribution in [3.05, 3.63) is 59.8 Å². The molecule has 0 aliphatic heterocycles. The Morgan fingerprint density at radius 2 is 1.85 bits per heavy atom. The average Bonchev–Trinajstić information content (AvgIpc) is 3.61. The number of aryl methyl sites for hydroxylation is 1. The first-order valence-electron chi connectivity index (χ1n) is 13.5. The number of hydrogen-bond acceptors (Lipinski definition) is 10. The van der Waals surface area contributed by atoms with Crippen molar-refractivity contribution in [2.45, 2.75) is 26.1 Å². The van der Waals surface area contributed by atoms with Crippen LogP contribution >= 0.6 is 11.6 Å². The van der Waals surface area contributed by atoms with Crippen LogP contribution in [0.15, 0.2) is 59.4 Å². The van der Waals surface area contributed by atoms with E-state index in [0.717, 1.165) is 5.56 Å². The van der Waals surface area contributed by atoms with Crippen molar-refractivity contribution >= 4 is 51.8 Å². The highest BCUT2D eigenvalue weighted by Gasteiger charge is 2.38. The maximum Gasteiger partial charge on any atom is 0.490 e. The van der Waals surface area contributed by atoms with E-state index in [-0.39, 0.29) is 5.82 Å². The number of halogens is 4. The van der Waals surface area contributed by atoms with Crippen LogP contribution in [0.1, 0.15) is 13.3 Å². The van der Waals surface area contributed by atoms with Gasteiger partial charge in [-0.05, 0) is 54.5 Å². The molecular weight excluding hydrogens is 635 g/mol. The Morgan fingerprint density at radius 1 is 1.11 bits per heavy atom. The minimum Gasteiger partial charge on any atom is -0.490 e. The lowest BCUT2D eigenvalue weighted by Crippen LogP contribution is -2.21. The van der Waals surface area contributed by atoms with Crippen LogP contribution in [0.5, 0.6) is 5.75 Å². The summed E-state index contributed by atoms with van der Waals surface area (Å²) in [6.45, 7) is 3.43. The summed E-state index contributed by atoms with van der Waals surface area (Å²) < 4.78 is 44.5. The first-order chi connectivity index (χ1) is 21.9. The number of hydrogen-bond donors (Lipinski definition) is 5. The van der Waals surface area contributed by atoms with Crippen molar-refractivity contribution in [3.8, 4) is 28.5 Å². The molecule has 0 spiro atoms. The lowest BCUT2D eigenvalue weighted by atomic mass is 10.1. The fraction of sp³-hybridized carbons (Fsp3) is 0.214. The van der Waals surface area contributed by atoms with Gasteiger partial charge >= 0.3 is 18.2 Å². The van der Waals surface area contributed by atoms with Gasteiger partial charge < -0.3 is 36.5 Å². The van der Waals surface area contributed by atoms with Gasteiger partial charge in [-0.3, -0.25) is 0 Å². The van der Waals surface area contributed by atoms with E-state index in [1.807, 2.05) is 23.6 Å². The molecule has 5 rings (SSSR count). The van der Waals surface area contributed by atoms with E-state index in [0.29, 0.717) is 76.5 Å². The topological polar surface area (TPSA) is 209 Å². The van der Waals surface area contributed by atoms with Gasteiger partial charge in [0, 0.05) is 17.8 Å². The first-order valence-corrected chi connectivity index (χ1v) is 13.9. The third-order valence-corrected chi connectivity index (χ3v) is 6.47. The monoisotopic (exact) mass is 661 g/mol. The molecular formula is C28H27ClF3N9O5. The molecule has 0 bridgehead atoms. The van der Waals surface area contributed by atoms with Crippen LogP contribution in [0.4, 0.5) is 35.2 Å². The highest BCUT2D eigenvalue weighted by atomic mass is 35.5. The third-order valence-electron chi connectivity index (χ3n) is 6.14.